The molecular weight excluding hydrogens is 380 g/mol. The van der Waals surface area contributed by atoms with Crippen molar-refractivity contribution in [3.63, 3.8) is 0 Å². The Balaban J connectivity index is 1.69. The molecule has 138 valence electrons. The van der Waals surface area contributed by atoms with Crippen LogP contribution in [-0.2, 0) is 4.79 Å². The van der Waals surface area contributed by atoms with E-state index in [9.17, 15) is 9.59 Å². The highest BCUT2D eigenvalue weighted by molar-refractivity contribution is 7.99. The number of hydrogen-bond acceptors (Lipinski definition) is 6. The SMILES string of the molecule is CCSc1cc(C(=O)Nc2nc(-c3ccc(NC(C)=O)cc3)cs2)ccn1. The monoisotopic (exact) mass is 398 g/mol. The van der Waals surface area contributed by atoms with Gasteiger partial charge in [0.15, 0.2) is 5.13 Å². The van der Waals surface area contributed by atoms with Gasteiger partial charge >= 0.3 is 0 Å². The van der Waals surface area contributed by atoms with Gasteiger partial charge in [0, 0.05) is 35.3 Å². The van der Waals surface area contributed by atoms with Crippen LogP contribution in [0.4, 0.5) is 10.8 Å². The first-order chi connectivity index (χ1) is 13.0. The van der Waals surface area contributed by atoms with Gasteiger partial charge in [-0.25, -0.2) is 9.97 Å². The fourth-order valence-corrected chi connectivity index (χ4v) is 3.69. The van der Waals surface area contributed by atoms with Gasteiger partial charge in [0.05, 0.1) is 10.7 Å². The lowest BCUT2D eigenvalue weighted by Crippen LogP contribution is -2.11. The third-order valence-electron chi connectivity index (χ3n) is 3.51. The number of anilines is 2. The van der Waals surface area contributed by atoms with E-state index in [1.807, 2.05) is 36.6 Å². The molecule has 0 fully saturated rings. The number of amides is 2. The summed E-state index contributed by atoms with van der Waals surface area (Å²) >= 11 is 2.95. The largest absolute Gasteiger partial charge is 0.326 e. The maximum Gasteiger partial charge on any atom is 0.257 e. The van der Waals surface area contributed by atoms with E-state index < -0.39 is 0 Å². The molecule has 0 saturated carbocycles. The van der Waals surface area contributed by atoms with Crippen molar-refractivity contribution in [2.45, 2.75) is 18.9 Å². The normalized spacial score (nSPS) is 10.4. The second-order valence-corrected chi connectivity index (χ2v) is 7.71. The van der Waals surface area contributed by atoms with E-state index in [4.69, 9.17) is 0 Å². The molecule has 2 heterocycles. The summed E-state index contributed by atoms with van der Waals surface area (Å²) in [5.41, 5.74) is 2.96. The second kappa shape index (κ2) is 8.79. The molecule has 6 nitrogen and oxygen atoms in total. The van der Waals surface area contributed by atoms with E-state index in [1.54, 1.807) is 30.1 Å². The van der Waals surface area contributed by atoms with Crippen molar-refractivity contribution in [3.8, 4) is 11.3 Å². The number of nitrogens with one attached hydrogen (secondary N) is 2. The van der Waals surface area contributed by atoms with Crippen LogP contribution in [0.15, 0.2) is 53.0 Å². The van der Waals surface area contributed by atoms with E-state index >= 15 is 0 Å². The molecule has 0 aliphatic heterocycles. The Bertz CT molecular complexity index is 954. The first-order valence-electron chi connectivity index (χ1n) is 8.29. The van der Waals surface area contributed by atoms with E-state index in [0.717, 1.165) is 27.7 Å². The van der Waals surface area contributed by atoms with Crippen LogP contribution in [0.5, 0.6) is 0 Å². The predicted molar refractivity (Wildman–Crippen MR) is 110 cm³/mol. The van der Waals surface area contributed by atoms with Crippen LogP contribution >= 0.6 is 23.1 Å². The molecule has 0 saturated heterocycles. The number of aromatic nitrogens is 2. The summed E-state index contributed by atoms with van der Waals surface area (Å²) in [6.07, 6.45) is 1.64. The molecule has 0 atom stereocenters. The number of thioether (sulfide) groups is 1. The molecule has 3 rings (SSSR count). The van der Waals surface area contributed by atoms with Crippen molar-refractivity contribution in [1.29, 1.82) is 0 Å². The summed E-state index contributed by atoms with van der Waals surface area (Å²) in [7, 11) is 0. The van der Waals surface area contributed by atoms with Crippen LogP contribution in [0.3, 0.4) is 0 Å². The molecule has 2 aromatic heterocycles. The fourth-order valence-electron chi connectivity index (χ4n) is 2.34. The summed E-state index contributed by atoms with van der Waals surface area (Å²) in [6.45, 7) is 3.51. The number of carbonyl (C=O) groups is 2. The number of thiazole rings is 1. The van der Waals surface area contributed by atoms with Crippen LogP contribution in [0.25, 0.3) is 11.3 Å². The Morgan fingerprint density at radius 3 is 2.63 bits per heavy atom. The lowest BCUT2D eigenvalue weighted by atomic mass is 10.1. The Labute approximate surface area is 165 Å². The topological polar surface area (TPSA) is 84.0 Å². The highest BCUT2D eigenvalue weighted by Crippen LogP contribution is 2.26. The van der Waals surface area contributed by atoms with Gasteiger partial charge in [0.25, 0.3) is 5.91 Å². The second-order valence-electron chi connectivity index (χ2n) is 5.57. The predicted octanol–water partition coefficient (Wildman–Crippen LogP) is 4.53. The molecule has 2 N–H and O–H groups in total. The van der Waals surface area contributed by atoms with Crippen LogP contribution < -0.4 is 10.6 Å². The fraction of sp³-hybridized carbons (Fsp3) is 0.158. The van der Waals surface area contributed by atoms with Crippen LogP contribution in [-0.4, -0.2) is 27.5 Å². The molecular formula is C19H18N4O2S2. The number of carbonyl (C=O) groups excluding carboxylic acids is 2. The summed E-state index contributed by atoms with van der Waals surface area (Å²) in [5.74, 6) is 0.574. The molecule has 0 aliphatic rings. The minimum Gasteiger partial charge on any atom is -0.326 e. The molecule has 8 heteroatoms. The summed E-state index contributed by atoms with van der Waals surface area (Å²) in [4.78, 5) is 32.2. The molecule has 1 aromatic carbocycles. The smallest absolute Gasteiger partial charge is 0.257 e. The van der Waals surface area contributed by atoms with Gasteiger partial charge in [0.2, 0.25) is 5.91 Å². The zero-order valence-electron chi connectivity index (χ0n) is 14.9. The molecule has 3 aromatic rings. The highest BCUT2D eigenvalue weighted by Gasteiger charge is 2.11. The third-order valence-corrected chi connectivity index (χ3v) is 5.08. The summed E-state index contributed by atoms with van der Waals surface area (Å²) in [6, 6.07) is 10.9. The lowest BCUT2D eigenvalue weighted by molar-refractivity contribution is -0.114. The molecule has 27 heavy (non-hydrogen) atoms. The van der Waals surface area contributed by atoms with Crippen molar-refractivity contribution in [2.24, 2.45) is 0 Å². The van der Waals surface area contributed by atoms with Gasteiger partial charge in [0.1, 0.15) is 0 Å². The van der Waals surface area contributed by atoms with Gasteiger partial charge in [-0.15, -0.1) is 23.1 Å². The molecule has 0 bridgehead atoms. The molecule has 0 spiro atoms. The minimum absolute atomic E-state index is 0.113. The quantitative estimate of drug-likeness (QED) is 0.596. The number of benzene rings is 1. The van der Waals surface area contributed by atoms with E-state index in [1.165, 1.54) is 18.3 Å². The highest BCUT2D eigenvalue weighted by atomic mass is 32.2. The number of hydrogen-bond donors (Lipinski definition) is 2. The molecule has 0 aliphatic carbocycles. The third kappa shape index (κ3) is 5.15. The number of pyridine rings is 1. The first-order valence-corrected chi connectivity index (χ1v) is 10.2. The minimum atomic E-state index is -0.211. The maximum absolute atomic E-state index is 12.4. The van der Waals surface area contributed by atoms with Crippen LogP contribution in [0, 0.1) is 0 Å². The molecule has 0 radical (unpaired) electrons. The van der Waals surface area contributed by atoms with Crippen LogP contribution in [0.2, 0.25) is 0 Å². The van der Waals surface area contributed by atoms with Gasteiger partial charge in [-0.2, -0.15) is 0 Å². The Morgan fingerprint density at radius 1 is 1.15 bits per heavy atom. The van der Waals surface area contributed by atoms with E-state index in [-0.39, 0.29) is 11.8 Å². The standard InChI is InChI=1S/C19H18N4O2S2/c1-3-26-17-10-14(8-9-20-17)18(25)23-19-22-16(11-27-19)13-4-6-15(7-5-13)21-12(2)24/h4-11H,3H2,1-2H3,(H,21,24)(H,22,23,25). The van der Waals surface area contributed by atoms with E-state index in [0.29, 0.717) is 10.7 Å². The van der Waals surface area contributed by atoms with Gasteiger partial charge < -0.3 is 5.32 Å². The Morgan fingerprint density at radius 2 is 1.93 bits per heavy atom. The first kappa shape index (κ1) is 19.1. The number of rotatable bonds is 6. The summed E-state index contributed by atoms with van der Waals surface area (Å²) in [5, 5.41) is 8.79. The summed E-state index contributed by atoms with van der Waals surface area (Å²) < 4.78 is 0. The maximum atomic E-state index is 12.4. The molecule has 2 amide bonds. The average Bonchev–Trinajstić information content (AvgIpc) is 3.11. The lowest BCUT2D eigenvalue weighted by Gasteiger charge is -2.04. The Hall–Kier alpha value is -2.71. The van der Waals surface area contributed by atoms with E-state index in [2.05, 4.69) is 20.6 Å². The van der Waals surface area contributed by atoms with Crippen molar-refractivity contribution >= 4 is 45.7 Å². The Kier molecular flexibility index (Phi) is 6.20. The van der Waals surface area contributed by atoms with Crippen molar-refractivity contribution in [3.05, 3.63) is 53.5 Å². The van der Waals surface area contributed by atoms with Gasteiger partial charge in [-0.05, 0) is 30.0 Å². The average molecular weight is 399 g/mol. The van der Waals surface area contributed by atoms with Gasteiger partial charge in [-0.3, -0.25) is 14.9 Å². The van der Waals surface area contributed by atoms with Gasteiger partial charge in [-0.1, -0.05) is 19.1 Å². The van der Waals surface area contributed by atoms with Crippen molar-refractivity contribution < 1.29 is 9.59 Å². The van der Waals surface area contributed by atoms with Crippen LogP contribution in [0.1, 0.15) is 24.2 Å². The number of nitrogens with zero attached hydrogens (tertiary/aromatic N) is 2. The van der Waals surface area contributed by atoms with Crippen molar-refractivity contribution in [1.82, 2.24) is 9.97 Å². The zero-order valence-corrected chi connectivity index (χ0v) is 16.5. The van der Waals surface area contributed by atoms with Crippen molar-refractivity contribution in [2.75, 3.05) is 16.4 Å². The zero-order chi connectivity index (χ0) is 19.2. The molecule has 0 unspecified atom stereocenters.